The molecule has 1 unspecified atom stereocenters. The molecule has 0 radical (unpaired) electrons. The quantitative estimate of drug-likeness (QED) is 0.765. The summed E-state index contributed by atoms with van der Waals surface area (Å²) in [5, 5.41) is 11.8. The predicted molar refractivity (Wildman–Crippen MR) is 52.3 cm³/mol. The van der Waals surface area contributed by atoms with E-state index in [-0.39, 0.29) is 0 Å². The van der Waals surface area contributed by atoms with E-state index in [4.69, 9.17) is 5.26 Å². The van der Waals surface area contributed by atoms with Crippen molar-refractivity contribution in [2.45, 2.75) is 26.3 Å². The van der Waals surface area contributed by atoms with E-state index in [1.807, 2.05) is 12.1 Å². The minimum absolute atomic E-state index is 0.440. The topological polar surface area (TPSA) is 48.7 Å². The van der Waals surface area contributed by atoms with E-state index in [0.717, 1.165) is 12.1 Å². The minimum atomic E-state index is 0.440. The van der Waals surface area contributed by atoms with Gasteiger partial charge in [0.1, 0.15) is 11.8 Å². The summed E-state index contributed by atoms with van der Waals surface area (Å²) in [6, 6.07) is 6.01. The van der Waals surface area contributed by atoms with Crippen LogP contribution in [0, 0.1) is 11.3 Å². The molecule has 3 nitrogen and oxygen atoms in total. The largest absolute Gasteiger partial charge is 0.381 e. The summed E-state index contributed by atoms with van der Waals surface area (Å²) in [6.45, 7) is 4.23. The average Bonchev–Trinajstić information content (AvgIpc) is 2.19. The van der Waals surface area contributed by atoms with Gasteiger partial charge >= 0.3 is 0 Å². The van der Waals surface area contributed by atoms with Gasteiger partial charge in [-0.05, 0) is 25.5 Å². The van der Waals surface area contributed by atoms with Gasteiger partial charge in [0.15, 0.2) is 0 Å². The van der Waals surface area contributed by atoms with Crippen molar-refractivity contribution in [2.24, 2.45) is 0 Å². The number of hydrogen-bond acceptors (Lipinski definition) is 3. The third-order valence-electron chi connectivity index (χ3n) is 1.90. The monoisotopic (exact) mass is 175 g/mol. The molecular formula is C10H13N3. The van der Waals surface area contributed by atoms with Crippen LogP contribution in [-0.4, -0.2) is 11.0 Å². The molecule has 0 amide bonds. The number of aromatic nitrogens is 1. The summed E-state index contributed by atoms with van der Waals surface area (Å²) in [5.74, 6) is 0. The SMILES string of the molecule is CCC(C)Nc1ccc(C#N)nc1. The fraction of sp³-hybridized carbons (Fsp3) is 0.400. The fourth-order valence-corrected chi connectivity index (χ4v) is 0.932. The highest BCUT2D eigenvalue weighted by molar-refractivity contribution is 5.43. The van der Waals surface area contributed by atoms with Crippen molar-refractivity contribution in [1.29, 1.82) is 5.26 Å². The normalized spacial score (nSPS) is 11.8. The van der Waals surface area contributed by atoms with Gasteiger partial charge in [0.25, 0.3) is 0 Å². The second-order valence-corrected chi connectivity index (χ2v) is 3.00. The Balaban J connectivity index is 2.65. The van der Waals surface area contributed by atoms with Crippen LogP contribution in [0.2, 0.25) is 0 Å². The van der Waals surface area contributed by atoms with Crippen LogP contribution >= 0.6 is 0 Å². The first kappa shape index (κ1) is 9.53. The molecule has 1 heterocycles. The molecule has 0 aliphatic rings. The highest BCUT2D eigenvalue weighted by atomic mass is 14.9. The lowest BCUT2D eigenvalue weighted by atomic mass is 10.2. The number of hydrogen-bond donors (Lipinski definition) is 1. The van der Waals surface area contributed by atoms with E-state index in [9.17, 15) is 0 Å². The molecule has 0 saturated heterocycles. The molecule has 0 fully saturated rings. The van der Waals surface area contributed by atoms with Crippen molar-refractivity contribution in [2.75, 3.05) is 5.32 Å². The Morgan fingerprint density at radius 3 is 2.85 bits per heavy atom. The number of nitrogens with one attached hydrogen (secondary N) is 1. The highest BCUT2D eigenvalue weighted by Crippen LogP contribution is 2.08. The second kappa shape index (κ2) is 4.46. The van der Waals surface area contributed by atoms with Crippen molar-refractivity contribution in [3.8, 4) is 6.07 Å². The van der Waals surface area contributed by atoms with Gasteiger partial charge in [0.05, 0.1) is 11.9 Å². The van der Waals surface area contributed by atoms with E-state index in [1.54, 1.807) is 12.3 Å². The Morgan fingerprint density at radius 2 is 2.38 bits per heavy atom. The van der Waals surface area contributed by atoms with Gasteiger partial charge in [-0.2, -0.15) is 5.26 Å². The zero-order valence-corrected chi connectivity index (χ0v) is 7.91. The molecular weight excluding hydrogens is 162 g/mol. The maximum atomic E-state index is 8.52. The maximum absolute atomic E-state index is 8.52. The van der Waals surface area contributed by atoms with E-state index in [0.29, 0.717) is 11.7 Å². The summed E-state index contributed by atoms with van der Waals surface area (Å²) in [6.07, 6.45) is 2.75. The second-order valence-electron chi connectivity index (χ2n) is 3.00. The first-order chi connectivity index (χ1) is 6.26. The smallest absolute Gasteiger partial charge is 0.140 e. The zero-order chi connectivity index (χ0) is 9.68. The number of rotatable bonds is 3. The minimum Gasteiger partial charge on any atom is -0.381 e. The molecule has 68 valence electrons. The van der Waals surface area contributed by atoms with Crippen molar-refractivity contribution in [3.05, 3.63) is 24.0 Å². The molecule has 0 saturated carbocycles. The lowest BCUT2D eigenvalue weighted by Crippen LogP contribution is -2.13. The fourth-order valence-electron chi connectivity index (χ4n) is 0.932. The van der Waals surface area contributed by atoms with Crippen LogP contribution < -0.4 is 5.32 Å². The maximum Gasteiger partial charge on any atom is 0.140 e. The van der Waals surface area contributed by atoms with Crippen LogP contribution in [0.1, 0.15) is 26.0 Å². The van der Waals surface area contributed by atoms with E-state index < -0.39 is 0 Å². The van der Waals surface area contributed by atoms with Gasteiger partial charge in [-0.3, -0.25) is 0 Å². The highest BCUT2D eigenvalue weighted by Gasteiger charge is 1.98. The van der Waals surface area contributed by atoms with Crippen molar-refractivity contribution < 1.29 is 0 Å². The molecule has 13 heavy (non-hydrogen) atoms. The third-order valence-corrected chi connectivity index (χ3v) is 1.90. The lowest BCUT2D eigenvalue weighted by Gasteiger charge is -2.11. The molecule has 0 aromatic carbocycles. The first-order valence-corrected chi connectivity index (χ1v) is 4.39. The van der Waals surface area contributed by atoms with E-state index >= 15 is 0 Å². The summed E-state index contributed by atoms with van der Waals surface area (Å²) >= 11 is 0. The van der Waals surface area contributed by atoms with Crippen molar-refractivity contribution in [3.63, 3.8) is 0 Å². The standard InChI is InChI=1S/C10H13N3/c1-3-8(2)13-10-5-4-9(6-11)12-7-10/h4-5,7-8,13H,3H2,1-2H3. The van der Waals surface area contributed by atoms with Gasteiger partial charge in [-0.15, -0.1) is 0 Å². The summed E-state index contributed by atoms with van der Waals surface area (Å²) in [7, 11) is 0. The molecule has 1 atom stereocenters. The van der Waals surface area contributed by atoms with Crippen LogP contribution in [0.4, 0.5) is 5.69 Å². The Bertz CT molecular complexity index is 297. The molecule has 3 heteroatoms. The molecule has 0 aliphatic carbocycles. The van der Waals surface area contributed by atoms with Crippen LogP contribution in [0.3, 0.4) is 0 Å². The summed E-state index contributed by atoms with van der Waals surface area (Å²) < 4.78 is 0. The zero-order valence-electron chi connectivity index (χ0n) is 7.91. The lowest BCUT2D eigenvalue weighted by molar-refractivity contribution is 0.763. The Hall–Kier alpha value is -1.56. The molecule has 1 aromatic heterocycles. The Labute approximate surface area is 78.4 Å². The molecule has 0 spiro atoms. The molecule has 0 bridgehead atoms. The predicted octanol–water partition coefficient (Wildman–Crippen LogP) is 2.16. The Kier molecular flexibility index (Phi) is 3.27. The van der Waals surface area contributed by atoms with Crippen LogP contribution in [0.15, 0.2) is 18.3 Å². The van der Waals surface area contributed by atoms with Crippen LogP contribution in [-0.2, 0) is 0 Å². The molecule has 1 aromatic rings. The summed E-state index contributed by atoms with van der Waals surface area (Å²) in [5.41, 5.74) is 1.42. The van der Waals surface area contributed by atoms with Crippen molar-refractivity contribution in [1.82, 2.24) is 4.98 Å². The molecule has 1 N–H and O–H groups in total. The van der Waals surface area contributed by atoms with Gasteiger partial charge in [0, 0.05) is 6.04 Å². The Morgan fingerprint density at radius 1 is 1.62 bits per heavy atom. The van der Waals surface area contributed by atoms with Crippen LogP contribution in [0.5, 0.6) is 0 Å². The van der Waals surface area contributed by atoms with Gasteiger partial charge in [-0.25, -0.2) is 4.98 Å². The summed E-state index contributed by atoms with van der Waals surface area (Å²) in [4.78, 5) is 3.96. The van der Waals surface area contributed by atoms with Crippen LogP contribution in [0.25, 0.3) is 0 Å². The van der Waals surface area contributed by atoms with Crippen molar-refractivity contribution >= 4 is 5.69 Å². The number of pyridine rings is 1. The number of nitriles is 1. The first-order valence-electron chi connectivity index (χ1n) is 4.39. The molecule has 1 rings (SSSR count). The number of anilines is 1. The van der Waals surface area contributed by atoms with Gasteiger partial charge in [-0.1, -0.05) is 6.92 Å². The van der Waals surface area contributed by atoms with Gasteiger partial charge < -0.3 is 5.32 Å². The average molecular weight is 175 g/mol. The third kappa shape index (κ3) is 2.75. The molecule has 0 aliphatic heterocycles. The van der Waals surface area contributed by atoms with Gasteiger partial charge in [0.2, 0.25) is 0 Å². The number of nitrogens with zero attached hydrogens (tertiary/aromatic N) is 2. The van der Waals surface area contributed by atoms with E-state index in [1.165, 1.54) is 0 Å². The van der Waals surface area contributed by atoms with E-state index in [2.05, 4.69) is 24.1 Å².